The number of benzene rings is 2. The highest BCUT2D eigenvalue weighted by Gasteiger charge is 2.16. The van der Waals surface area contributed by atoms with Gasteiger partial charge in [0.1, 0.15) is 10.8 Å². The molecule has 4 heteroatoms. The molecule has 2 heterocycles. The third-order valence-corrected chi connectivity index (χ3v) is 4.30. The number of H-pyrrole nitrogens is 1. The minimum absolute atomic E-state index is 0.273. The summed E-state index contributed by atoms with van der Waals surface area (Å²) in [5.74, 6) is 0.273. The zero-order chi connectivity index (χ0) is 14.2. The number of aromatic hydroxyl groups is 1. The lowest BCUT2D eigenvalue weighted by Crippen LogP contribution is -1.81. The molecule has 4 aromatic rings. The minimum Gasteiger partial charge on any atom is -0.508 e. The number of thiazole rings is 1. The van der Waals surface area contributed by atoms with Crippen molar-refractivity contribution in [2.45, 2.75) is 0 Å². The highest BCUT2D eigenvalue weighted by Crippen LogP contribution is 2.39. The molecule has 4 rings (SSSR count). The molecule has 0 amide bonds. The van der Waals surface area contributed by atoms with Gasteiger partial charge in [-0.25, -0.2) is 4.98 Å². The summed E-state index contributed by atoms with van der Waals surface area (Å²) < 4.78 is 0. The van der Waals surface area contributed by atoms with Gasteiger partial charge >= 0.3 is 0 Å². The van der Waals surface area contributed by atoms with Crippen LogP contribution < -0.4 is 0 Å². The van der Waals surface area contributed by atoms with Crippen molar-refractivity contribution in [1.29, 1.82) is 0 Å². The lowest BCUT2D eigenvalue weighted by molar-refractivity contribution is 0.475. The van der Waals surface area contributed by atoms with Crippen LogP contribution in [0.25, 0.3) is 32.7 Å². The molecule has 0 aliphatic heterocycles. The van der Waals surface area contributed by atoms with Crippen LogP contribution in [0.1, 0.15) is 0 Å². The first kappa shape index (κ1) is 12.2. The number of para-hydroxylation sites is 1. The molecule has 0 fully saturated rings. The lowest BCUT2D eigenvalue weighted by Gasteiger charge is -2.03. The van der Waals surface area contributed by atoms with E-state index in [0.717, 1.165) is 32.7 Å². The van der Waals surface area contributed by atoms with Crippen molar-refractivity contribution in [3.05, 3.63) is 60.1 Å². The zero-order valence-electron chi connectivity index (χ0n) is 11.1. The molecule has 0 atom stereocenters. The van der Waals surface area contributed by atoms with E-state index in [9.17, 15) is 5.11 Å². The standard InChI is InChI=1S/C17H12N2OS/c20-12-7-5-11(6-8-12)15-13-3-1-2-4-14(13)19-16(15)17-18-9-10-21-17/h1-10,19-20H. The molecule has 2 aromatic heterocycles. The van der Waals surface area contributed by atoms with Gasteiger partial charge in [-0.15, -0.1) is 11.3 Å². The van der Waals surface area contributed by atoms with Gasteiger partial charge in [-0.1, -0.05) is 30.3 Å². The Morgan fingerprint density at radius 2 is 1.81 bits per heavy atom. The van der Waals surface area contributed by atoms with E-state index in [0.29, 0.717) is 0 Å². The number of phenols is 1. The first-order valence-corrected chi connectivity index (χ1v) is 7.51. The fourth-order valence-corrected chi connectivity index (χ4v) is 3.22. The van der Waals surface area contributed by atoms with E-state index in [2.05, 4.69) is 22.1 Å². The van der Waals surface area contributed by atoms with Crippen molar-refractivity contribution in [1.82, 2.24) is 9.97 Å². The average molecular weight is 292 g/mol. The molecular weight excluding hydrogens is 280 g/mol. The Balaban J connectivity index is 2.05. The number of phenolic OH excluding ortho intramolecular Hbond substituents is 1. The predicted molar refractivity (Wildman–Crippen MR) is 86.5 cm³/mol. The third kappa shape index (κ3) is 2.00. The van der Waals surface area contributed by atoms with Crippen LogP contribution in [0.4, 0.5) is 0 Å². The SMILES string of the molecule is Oc1ccc(-c2c(-c3nccs3)[nH]c3ccccc23)cc1. The van der Waals surface area contributed by atoms with Crippen molar-refractivity contribution in [3.63, 3.8) is 0 Å². The number of aromatic amines is 1. The Morgan fingerprint density at radius 1 is 1.00 bits per heavy atom. The molecule has 0 aliphatic carbocycles. The van der Waals surface area contributed by atoms with E-state index in [-0.39, 0.29) is 5.75 Å². The molecule has 0 unspecified atom stereocenters. The smallest absolute Gasteiger partial charge is 0.140 e. The van der Waals surface area contributed by atoms with Gasteiger partial charge in [-0.3, -0.25) is 0 Å². The number of rotatable bonds is 2. The van der Waals surface area contributed by atoms with Gasteiger partial charge in [0.15, 0.2) is 0 Å². The predicted octanol–water partition coefficient (Wildman–Crippen LogP) is 4.66. The maximum atomic E-state index is 9.50. The van der Waals surface area contributed by atoms with Gasteiger partial charge < -0.3 is 10.1 Å². The van der Waals surface area contributed by atoms with Crippen LogP contribution in [-0.2, 0) is 0 Å². The molecule has 2 N–H and O–H groups in total. The number of aromatic nitrogens is 2. The Morgan fingerprint density at radius 3 is 2.57 bits per heavy atom. The summed E-state index contributed by atoms with van der Waals surface area (Å²) >= 11 is 1.61. The maximum absolute atomic E-state index is 9.50. The van der Waals surface area contributed by atoms with E-state index >= 15 is 0 Å². The fourth-order valence-electron chi connectivity index (χ4n) is 2.58. The van der Waals surface area contributed by atoms with Gasteiger partial charge in [0, 0.05) is 28.0 Å². The summed E-state index contributed by atoms with van der Waals surface area (Å²) in [6.45, 7) is 0. The van der Waals surface area contributed by atoms with E-state index in [4.69, 9.17) is 0 Å². The molecule has 102 valence electrons. The number of hydrogen-bond donors (Lipinski definition) is 2. The van der Waals surface area contributed by atoms with E-state index in [1.54, 1.807) is 23.5 Å². The van der Waals surface area contributed by atoms with Crippen LogP contribution in [0.5, 0.6) is 5.75 Å². The first-order chi connectivity index (χ1) is 10.3. The summed E-state index contributed by atoms with van der Waals surface area (Å²) in [7, 11) is 0. The van der Waals surface area contributed by atoms with Crippen molar-refractivity contribution in [2.24, 2.45) is 0 Å². The second-order valence-electron chi connectivity index (χ2n) is 4.80. The number of hydrogen-bond acceptors (Lipinski definition) is 3. The van der Waals surface area contributed by atoms with Crippen molar-refractivity contribution in [2.75, 3.05) is 0 Å². The summed E-state index contributed by atoms with van der Waals surface area (Å²) in [5.41, 5.74) is 4.30. The second-order valence-corrected chi connectivity index (χ2v) is 5.70. The monoisotopic (exact) mass is 292 g/mol. The Labute approximate surface area is 125 Å². The fraction of sp³-hybridized carbons (Fsp3) is 0. The van der Waals surface area contributed by atoms with Crippen molar-refractivity contribution >= 4 is 22.2 Å². The zero-order valence-corrected chi connectivity index (χ0v) is 11.9. The van der Waals surface area contributed by atoms with Crippen LogP contribution in [-0.4, -0.2) is 15.1 Å². The van der Waals surface area contributed by atoms with Gasteiger partial charge in [0.25, 0.3) is 0 Å². The lowest BCUT2D eigenvalue weighted by atomic mass is 10.0. The quantitative estimate of drug-likeness (QED) is 0.564. The second kappa shape index (κ2) is 4.75. The molecule has 3 nitrogen and oxygen atoms in total. The average Bonchev–Trinajstić information content (AvgIpc) is 3.15. The molecule has 0 aliphatic rings. The molecule has 2 aromatic carbocycles. The Kier molecular flexibility index (Phi) is 2.75. The number of nitrogens with zero attached hydrogens (tertiary/aromatic N) is 1. The summed E-state index contributed by atoms with van der Waals surface area (Å²) in [4.78, 5) is 7.89. The molecule has 0 spiro atoms. The summed E-state index contributed by atoms with van der Waals surface area (Å²) in [5, 5.41) is 13.6. The molecule has 0 bridgehead atoms. The maximum Gasteiger partial charge on any atom is 0.140 e. The highest BCUT2D eigenvalue weighted by molar-refractivity contribution is 7.13. The highest BCUT2D eigenvalue weighted by atomic mass is 32.1. The largest absolute Gasteiger partial charge is 0.508 e. The van der Waals surface area contributed by atoms with Gasteiger partial charge in [0.2, 0.25) is 0 Å². The van der Waals surface area contributed by atoms with Crippen LogP contribution in [0.15, 0.2) is 60.1 Å². The topological polar surface area (TPSA) is 48.9 Å². The van der Waals surface area contributed by atoms with Crippen LogP contribution in [0, 0.1) is 0 Å². The Bertz CT molecular complexity index is 892. The van der Waals surface area contributed by atoms with Crippen LogP contribution >= 0.6 is 11.3 Å². The molecular formula is C17H12N2OS. The molecule has 0 saturated heterocycles. The van der Waals surface area contributed by atoms with Crippen LogP contribution in [0.2, 0.25) is 0 Å². The first-order valence-electron chi connectivity index (χ1n) is 6.63. The molecule has 21 heavy (non-hydrogen) atoms. The van der Waals surface area contributed by atoms with Crippen molar-refractivity contribution in [3.8, 4) is 27.6 Å². The van der Waals surface area contributed by atoms with Gasteiger partial charge in [-0.2, -0.15) is 0 Å². The summed E-state index contributed by atoms with van der Waals surface area (Å²) in [6, 6.07) is 15.5. The molecule has 0 radical (unpaired) electrons. The minimum atomic E-state index is 0.273. The molecule has 0 saturated carbocycles. The summed E-state index contributed by atoms with van der Waals surface area (Å²) in [6.07, 6.45) is 1.81. The van der Waals surface area contributed by atoms with Gasteiger partial charge in [-0.05, 0) is 23.8 Å². The van der Waals surface area contributed by atoms with Gasteiger partial charge in [0.05, 0.1) is 5.69 Å². The van der Waals surface area contributed by atoms with E-state index in [1.807, 2.05) is 35.8 Å². The van der Waals surface area contributed by atoms with E-state index < -0.39 is 0 Å². The normalized spacial score (nSPS) is 11.0. The van der Waals surface area contributed by atoms with E-state index in [1.165, 1.54) is 0 Å². The van der Waals surface area contributed by atoms with Crippen LogP contribution in [0.3, 0.4) is 0 Å². The van der Waals surface area contributed by atoms with Crippen molar-refractivity contribution < 1.29 is 5.11 Å². The Hall–Kier alpha value is -2.59. The third-order valence-electron chi connectivity index (χ3n) is 3.51. The number of fused-ring (bicyclic) bond motifs is 1. The number of nitrogens with one attached hydrogen (secondary N) is 1.